The van der Waals surface area contributed by atoms with Gasteiger partial charge in [-0.3, -0.25) is 9.48 Å². The van der Waals surface area contributed by atoms with E-state index in [1.807, 2.05) is 38.2 Å². The van der Waals surface area contributed by atoms with Crippen LogP contribution in [-0.4, -0.2) is 22.3 Å². The van der Waals surface area contributed by atoms with Crippen molar-refractivity contribution < 1.29 is 9.53 Å². The maximum atomic E-state index is 11.7. The number of aryl methyl sites for hydroxylation is 2. The molecule has 0 unspecified atom stereocenters. The first-order valence-corrected chi connectivity index (χ1v) is 6.62. The molecule has 0 aliphatic rings. The number of anilines is 1. The van der Waals surface area contributed by atoms with Crippen LogP contribution in [0.15, 0.2) is 36.7 Å². The van der Waals surface area contributed by atoms with E-state index < -0.39 is 0 Å². The summed E-state index contributed by atoms with van der Waals surface area (Å²) in [5.41, 5.74) is 1.82. The Morgan fingerprint density at radius 2 is 2.20 bits per heavy atom. The minimum atomic E-state index is -0.0219. The highest BCUT2D eigenvalue weighted by Crippen LogP contribution is 2.16. The molecule has 0 aliphatic heterocycles. The monoisotopic (exact) mass is 273 g/mol. The number of carbonyl (C=O) groups is 1. The first-order valence-electron chi connectivity index (χ1n) is 6.62. The Labute approximate surface area is 118 Å². The lowest BCUT2D eigenvalue weighted by atomic mass is 10.2. The number of rotatable bonds is 6. The van der Waals surface area contributed by atoms with Crippen LogP contribution in [0, 0.1) is 6.92 Å². The molecule has 1 aromatic heterocycles. The second-order valence-electron chi connectivity index (χ2n) is 4.67. The third kappa shape index (κ3) is 4.12. The first kappa shape index (κ1) is 14.1. The van der Waals surface area contributed by atoms with Crippen LogP contribution in [0.5, 0.6) is 5.75 Å². The number of para-hydroxylation sites is 1. The van der Waals surface area contributed by atoms with Gasteiger partial charge >= 0.3 is 0 Å². The average Bonchev–Trinajstić information content (AvgIpc) is 2.82. The van der Waals surface area contributed by atoms with Crippen LogP contribution < -0.4 is 10.1 Å². The van der Waals surface area contributed by atoms with Crippen LogP contribution in [0.25, 0.3) is 0 Å². The number of nitrogens with zero attached hydrogens (tertiary/aromatic N) is 2. The molecule has 2 aromatic rings. The Hall–Kier alpha value is -2.30. The molecule has 0 atom stereocenters. The quantitative estimate of drug-likeness (QED) is 0.823. The summed E-state index contributed by atoms with van der Waals surface area (Å²) in [4.78, 5) is 11.7. The van der Waals surface area contributed by atoms with Crippen LogP contribution in [0.3, 0.4) is 0 Å². The Bertz CT molecular complexity index is 578. The van der Waals surface area contributed by atoms with Crippen LogP contribution in [0.2, 0.25) is 0 Å². The lowest BCUT2D eigenvalue weighted by Crippen LogP contribution is -2.12. The van der Waals surface area contributed by atoms with Gasteiger partial charge in [-0.05, 0) is 25.0 Å². The van der Waals surface area contributed by atoms with Gasteiger partial charge in [-0.15, -0.1) is 0 Å². The van der Waals surface area contributed by atoms with Crippen molar-refractivity contribution in [3.05, 3.63) is 42.2 Å². The van der Waals surface area contributed by atoms with Crippen molar-refractivity contribution in [2.24, 2.45) is 7.05 Å². The molecule has 0 saturated carbocycles. The van der Waals surface area contributed by atoms with Crippen molar-refractivity contribution in [2.45, 2.75) is 19.8 Å². The maximum Gasteiger partial charge on any atom is 0.224 e. The minimum Gasteiger partial charge on any atom is -0.493 e. The zero-order valence-electron chi connectivity index (χ0n) is 11.8. The lowest BCUT2D eigenvalue weighted by Gasteiger charge is -2.08. The van der Waals surface area contributed by atoms with E-state index in [1.165, 1.54) is 0 Å². The highest BCUT2D eigenvalue weighted by Gasteiger charge is 2.04. The molecule has 5 nitrogen and oxygen atoms in total. The molecular formula is C15H19N3O2. The van der Waals surface area contributed by atoms with Gasteiger partial charge in [0.15, 0.2) is 0 Å². The minimum absolute atomic E-state index is 0.0219. The summed E-state index contributed by atoms with van der Waals surface area (Å²) in [5.74, 6) is 0.853. The molecule has 1 aromatic carbocycles. The van der Waals surface area contributed by atoms with Gasteiger partial charge in [0.1, 0.15) is 5.75 Å². The molecule has 20 heavy (non-hydrogen) atoms. The van der Waals surface area contributed by atoms with Crippen LogP contribution >= 0.6 is 0 Å². The average molecular weight is 273 g/mol. The maximum absolute atomic E-state index is 11.7. The highest BCUT2D eigenvalue weighted by atomic mass is 16.5. The topological polar surface area (TPSA) is 56.1 Å². The zero-order chi connectivity index (χ0) is 14.4. The van der Waals surface area contributed by atoms with Gasteiger partial charge in [-0.1, -0.05) is 18.2 Å². The summed E-state index contributed by atoms with van der Waals surface area (Å²) in [6.45, 7) is 2.54. The van der Waals surface area contributed by atoms with E-state index in [-0.39, 0.29) is 5.91 Å². The number of hydrogen-bond acceptors (Lipinski definition) is 3. The number of amides is 1. The fourth-order valence-electron chi connectivity index (χ4n) is 1.84. The lowest BCUT2D eigenvalue weighted by molar-refractivity contribution is -0.116. The van der Waals surface area contributed by atoms with E-state index in [0.717, 1.165) is 17.0 Å². The molecule has 1 N–H and O–H groups in total. The summed E-state index contributed by atoms with van der Waals surface area (Å²) in [6.07, 6.45) is 4.50. The molecule has 0 aliphatic carbocycles. The molecule has 1 heterocycles. The largest absolute Gasteiger partial charge is 0.493 e. The van der Waals surface area contributed by atoms with E-state index in [4.69, 9.17) is 4.74 Å². The fourth-order valence-corrected chi connectivity index (χ4v) is 1.84. The van der Waals surface area contributed by atoms with Crippen molar-refractivity contribution in [3.63, 3.8) is 0 Å². The summed E-state index contributed by atoms with van der Waals surface area (Å²) in [7, 11) is 1.81. The summed E-state index contributed by atoms with van der Waals surface area (Å²) < 4.78 is 7.29. The molecule has 0 spiro atoms. The number of nitrogens with one attached hydrogen (secondary N) is 1. The zero-order valence-corrected chi connectivity index (χ0v) is 11.8. The number of hydrogen-bond donors (Lipinski definition) is 1. The Morgan fingerprint density at radius 3 is 2.90 bits per heavy atom. The Kier molecular flexibility index (Phi) is 4.76. The van der Waals surface area contributed by atoms with E-state index in [9.17, 15) is 4.79 Å². The molecule has 5 heteroatoms. The third-order valence-electron chi connectivity index (χ3n) is 2.89. The second-order valence-corrected chi connectivity index (χ2v) is 4.67. The number of benzene rings is 1. The third-order valence-corrected chi connectivity index (χ3v) is 2.89. The van der Waals surface area contributed by atoms with Gasteiger partial charge in [0, 0.05) is 19.7 Å². The van der Waals surface area contributed by atoms with Gasteiger partial charge in [0.2, 0.25) is 5.91 Å². The molecule has 2 rings (SSSR count). The number of carbonyl (C=O) groups excluding carboxylic acids is 1. The van der Waals surface area contributed by atoms with E-state index in [1.54, 1.807) is 17.1 Å². The number of ether oxygens (including phenoxy) is 1. The molecule has 0 fully saturated rings. The molecule has 0 saturated heterocycles. The number of aromatic nitrogens is 2. The van der Waals surface area contributed by atoms with E-state index in [2.05, 4.69) is 10.4 Å². The van der Waals surface area contributed by atoms with Crippen molar-refractivity contribution in [1.29, 1.82) is 0 Å². The fraction of sp³-hybridized carbons (Fsp3) is 0.333. The van der Waals surface area contributed by atoms with Crippen molar-refractivity contribution in [1.82, 2.24) is 9.78 Å². The highest BCUT2D eigenvalue weighted by molar-refractivity contribution is 5.90. The molecular weight excluding hydrogens is 254 g/mol. The van der Waals surface area contributed by atoms with E-state index in [0.29, 0.717) is 19.4 Å². The van der Waals surface area contributed by atoms with Crippen molar-refractivity contribution >= 4 is 11.6 Å². The van der Waals surface area contributed by atoms with E-state index >= 15 is 0 Å². The smallest absolute Gasteiger partial charge is 0.224 e. The van der Waals surface area contributed by atoms with Crippen molar-refractivity contribution in [3.8, 4) is 5.75 Å². The van der Waals surface area contributed by atoms with Gasteiger partial charge in [0.05, 0.1) is 18.5 Å². The van der Waals surface area contributed by atoms with Crippen LogP contribution in [-0.2, 0) is 11.8 Å². The molecule has 0 radical (unpaired) electrons. The second kappa shape index (κ2) is 6.75. The predicted molar refractivity (Wildman–Crippen MR) is 77.7 cm³/mol. The standard InChI is InChI=1S/C15H19N3O2/c1-12-6-3-4-7-14(12)20-9-5-8-15(19)17-13-10-16-18(2)11-13/h3-4,6-7,10-11H,5,8-9H2,1-2H3,(H,17,19). The molecule has 1 amide bonds. The molecule has 0 bridgehead atoms. The predicted octanol–water partition coefficient (Wildman–Crippen LogP) is 2.53. The normalized spacial score (nSPS) is 10.3. The molecule has 106 valence electrons. The van der Waals surface area contributed by atoms with Crippen LogP contribution in [0.4, 0.5) is 5.69 Å². The Morgan fingerprint density at radius 1 is 1.40 bits per heavy atom. The summed E-state index contributed by atoms with van der Waals surface area (Å²) in [6, 6.07) is 7.86. The van der Waals surface area contributed by atoms with Gasteiger partial charge in [-0.2, -0.15) is 5.10 Å². The van der Waals surface area contributed by atoms with Gasteiger partial charge in [0.25, 0.3) is 0 Å². The van der Waals surface area contributed by atoms with Crippen LogP contribution in [0.1, 0.15) is 18.4 Å². The SMILES string of the molecule is Cc1ccccc1OCCCC(=O)Nc1cnn(C)c1. The van der Waals surface area contributed by atoms with Crippen molar-refractivity contribution in [2.75, 3.05) is 11.9 Å². The van der Waals surface area contributed by atoms with Gasteiger partial charge in [-0.25, -0.2) is 0 Å². The first-order chi connectivity index (χ1) is 9.65. The summed E-state index contributed by atoms with van der Waals surface area (Å²) in [5, 5.41) is 6.79. The van der Waals surface area contributed by atoms with Gasteiger partial charge < -0.3 is 10.1 Å². The Balaban J connectivity index is 1.68. The summed E-state index contributed by atoms with van der Waals surface area (Å²) >= 11 is 0.